The predicted molar refractivity (Wildman–Crippen MR) is 67.0 cm³/mol. The second-order valence-electron chi connectivity index (χ2n) is 4.05. The zero-order chi connectivity index (χ0) is 13.5. The summed E-state index contributed by atoms with van der Waals surface area (Å²) >= 11 is 0. The van der Waals surface area contributed by atoms with Crippen LogP contribution in [0.5, 0.6) is 0 Å². The van der Waals surface area contributed by atoms with E-state index >= 15 is 0 Å². The lowest BCUT2D eigenvalue weighted by molar-refractivity contribution is -0.0117. The highest BCUT2D eigenvalue weighted by Gasteiger charge is 2.13. The topological polar surface area (TPSA) is 58.9 Å². The van der Waals surface area contributed by atoms with E-state index in [2.05, 4.69) is 0 Å². The molecule has 0 amide bonds. The van der Waals surface area contributed by atoms with E-state index in [4.69, 9.17) is 19.5 Å². The van der Waals surface area contributed by atoms with Gasteiger partial charge in [-0.05, 0) is 37.0 Å². The molecule has 0 aromatic heterocycles. The largest absolute Gasteiger partial charge is 0.488 e. The SMILES string of the molecule is CCOCC(C)OCc1cc(F)cc(B(O)O)c1. The second kappa shape index (κ2) is 7.48. The molecule has 0 aliphatic carbocycles. The van der Waals surface area contributed by atoms with Gasteiger partial charge in [-0.15, -0.1) is 0 Å². The average Bonchev–Trinajstić information content (AvgIpc) is 2.33. The molecule has 0 heterocycles. The van der Waals surface area contributed by atoms with E-state index in [1.165, 1.54) is 12.1 Å². The molecule has 1 rings (SSSR count). The van der Waals surface area contributed by atoms with Crippen LogP contribution in [0.3, 0.4) is 0 Å². The Morgan fingerprint density at radius 2 is 2.06 bits per heavy atom. The van der Waals surface area contributed by atoms with Gasteiger partial charge in [0, 0.05) is 6.61 Å². The molecule has 0 aliphatic rings. The van der Waals surface area contributed by atoms with E-state index < -0.39 is 12.9 Å². The third-order valence-corrected chi connectivity index (χ3v) is 2.37. The van der Waals surface area contributed by atoms with Gasteiger partial charge in [-0.25, -0.2) is 4.39 Å². The Kier molecular flexibility index (Phi) is 6.28. The van der Waals surface area contributed by atoms with E-state index in [-0.39, 0.29) is 18.2 Å². The molecule has 0 saturated heterocycles. The van der Waals surface area contributed by atoms with Gasteiger partial charge in [-0.2, -0.15) is 0 Å². The molecule has 0 aliphatic heterocycles. The number of benzene rings is 1. The van der Waals surface area contributed by atoms with Crippen LogP contribution in [0.2, 0.25) is 0 Å². The number of ether oxygens (including phenoxy) is 2. The summed E-state index contributed by atoms with van der Waals surface area (Å²) in [5.41, 5.74) is 0.674. The molecule has 4 nitrogen and oxygen atoms in total. The van der Waals surface area contributed by atoms with Crippen molar-refractivity contribution in [2.24, 2.45) is 0 Å². The first kappa shape index (κ1) is 15.1. The van der Waals surface area contributed by atoms with Gasteiger partial charge >= 0.3 is 7.12 Å². The van der Waals surface area contributed by atoms with Gasteiger partial charge in [-0.1, -0.05) is 6.07 Å². The molecule has 0 radical (unpaired) electrons. The van der Waals surface area contributed by atoms with Crippen LogP contribution in [0.1, 0.15) is 19.4 Å². The Labute approximate surface area is 106 Å². The van der Waals surface area contributed by atoms with Gasteiger partial charge in [0.25, 0.3) is 0 Å². The van der Waals surface area contributed by atoms with Gasteiger partial charge in [-0.3, -0.25) is 0 Å². The van der Waals surface area contributed by atoms with Crippen molar-refractivity contribution < 1.29 is 23.9 Å². The fraction of sp³-hybridized carbons (Fsp3) is 0.500. The van der Waals surface area contributed by atoms with Gasteiger partial charge < -0.3 is 19.5 Å². The van der Waals surface area contributed by atoms with Crippen LogP contribution < -0.4 is 5.46 Å². The van der Waals surface area contributed by atoms with E-state index in [0.29, 0.717) is 18.8 Å². The molecule has 18 heavy (non-hydrogen) atoms. The Bertz CT molecular complexity index is 373. The molecule has 1 aromatic rings. The zero-order valence-electron chi connectivity index (χ0n) is 10.6. The fourth-order valence-electron chi connectivity index (χ4n) is 1.48. The minimum atomic E-state index is -1.68. The normalized spacial score (nSPS) is 12.5. The highest BCUT2D eigenvalue weighted by Crippen LogP contribution is 2.06. The predicted octanol–water partition coefficient (Wildman–Crippen LogP) is 0.447. The first-order valence-corrected chi connectivity index (χ1v) is 5.87. The smallest absolute Gasteiger partial charge is 0.423 e. The van der Waals surface area contributed by atoms with Gasteiger partial charge in [0.2, 0.25) is 0 Å². The minimum absolute atomic E-state index is 0.101. The molecule has 1 aromatic carbocycles. The molecule has 0 spiro atoms. The summed E-state index contributed by atoms with van der Waals surface area (Å²) in [6.45, 7) is 5.05. The van der Waals surface area contributed by atoms with Gasteiger partial charge in [0.05, 0.1) is 19.3 Å². The first-order valence-electron chi connectivity index (χ1n) is 5.87. The van der Waals surface area contributed by atoms with E-state index in [0.717, 1.165) is 6.07 Å². The van der Waals surface area contributed by atoms with Crippen LogP contribution in [0.4, 0.5) is 4.39 Å². The van der Waals surface area contributed by atoms with Crippen molar-refractivity contribution in [3.05, 3.63) is 29.6 Å². The molecule has 6 heteroatoms. The van der Waals surface area contributed by atoms with E-state index in [1.807, 2.05) is 13.8 Å². The minimum Gasteiger partial charge on any atom is -0.423 e. The van der Waals surface area contributed by atoms with Crippen LogP contribution in [0, 0.1) is 5.82 Å². The van der Waals surface area contributed by atoms with Crippen LogP contribution in [0.25, 0.3) is 0 Å². The second-order valence-corrected chi connectivity index (χ2v) is 4.05. The molecular weight excluding hydrogens is 238 g/mol. The first-order chi connectivity index (χ1) is 8.52. The maximum atomic E-state index is 13.2. The van der Waals surface area contributed by atoms with Crippen LogP contribution in [-0.2, 0) is 16.1 Å². The summed E-state index contributed by atoms with van der Waals surface area (Å²) in [4.78, 5) is 0. The van der Waals surface area contributed by atoms with Gasteiger partial charge in [0.15, 0.2) is 0 Å². The quantitative estimate of drug-likeness (QED) is 0.695. The average molecular weight is 256 g/mol. The Hall–Kier alpha value is -0.945. The highest BCUT2D eigenvalue weighted by atomic mass is 19.1. The molecular formula is C12H18BFO4. The lowest BCUT2D eigenvalue weighted by Gasteiger charge is -2.13. The number of hydrogen-bond donors (Lipinski definition) is 2. The monoisotopic (exact) mass is 256 g/mol. The van der Waals surface area contributed by atoms with Crippen LogP contribution in [-0.4, -0.2) is 36.5 Å². The molecule has 0 bridgehead atoms. The summed E-state index contributed by atoms with van der Waals surface area (Å²) in [7, 11) is -1.68. The lowest BCUT2D eigenvalue weighted by Crippen LogP contribution is -2.30. The summed E-state index contributed by atoms with van der Waals surface area (Å²) in [6.07, 6.45) is -0.101. The molecule has 0 saturated carbocycles. The van der Waals surface area contributed by atoms with Crippen molar-refractivity contribution >= 4 is 12.6 Å². The van der Waals surface area contributed by atoms with Crippen molar-refractivity contribution in [2.75, 3.05) is 13.2 Å². The lowest BCUT2D eigenvalue weighted by atomic mass is 9.79. The molecule has 0 fully saturated rings. The Balaban J connectivity index is 2.56. The van der Waals surface area contributed by atoms with Crippen molar-refractivity contribution in [2.45, 2.75) is 26.6 Å². The standard InChI is InChI=1S/C12H18BFO4/c1-3-17-7-9(2)18-8-10-4-11(13(15)16)6-12(14)5-10/h4-6,9,15-16H,3,7-8H2,1-2H3. The zero-order valence-corrected chi connectivity index (χ0v) is 10.6. The summed E-state index contributed by atoms with van der Waals surface area (Å²) in [5.74, 6) is -0.517. The van der Waals surface area contributed by atoms with Crippen molar-refractivity contribution in [3.63, 3.8) is 0 Å². The van der Waals surface area contributed by atoms with Crippen molar-refractivity contribution in [1.82, 2.24) is 0 Å². The number of hydrogen-bond acceptors (Lipinski definition) is 4. The summed E-state index contributed by atoms with van der Waals surface area (Å²) in [6, 6.07) is 3.89. The Morgan fingerprint density at radius 1 is 1.33 bits per heavy atom. The van der Waals surface area contributed by atoms with E-state index in [9.17, 15) is 4.39 Å². The maximum Gasteiger partial charge on any atom is 0.488 e. The number of halogens is 1. The third kappa shape index (κ3) is 5.14. The van der Waals surface area contributed by atoms with E-state index in [1.54, 1.807) is 0 Å². The van der Waals surface area contributed by atoms with Crippen molar-refractivity contribution in [3.8, 4) is 0 Å². The van der Waals surface area contributed by atoms with Crippen LogP contribution >= 0.6 is 0 Å². The number of rotatable bonds is 7. The molecule has 1 atom stereocenters. The molecule has 100 valence electrons. The summed E-state index contributed by atoms with van der Waals surface area (Å²) < 4.78 is 23.9. The fourth-order valence-corrected chi connectivity index (χ4v) is 1.48. The third-order valence-electron chi connectivity index (χ3n) is 2.37. The summed E-state index contributed by atoms with van der Waals surface area (Å²) in [5, 5.41) is 18.0. The van der Waals surface area contributed by atoms with Crippen LogP contribution in [0.15, 0.2) is 18.2 Å². The molecule has 1 unspecified atom stereocenters. The maximum absolute atomic E-state index is 13.2. The molecule has 2 N–H and O–H groups in total. The highest BCUT2D eigenvalue weighted by molar-refractivity contribution is 6.58. The van der Waals surface area contributed by atoms with Gasteiger partial charge in [0.1, 0.15) is 5.82 Å². The Morgan fingerprint density at radius 3 is 2.67 bits per heavy atom. The van der Waals surface area contributed by atoms with Crippen molar-refractivity contribution in [1.29, 1.82) is 0 Å².